The zero-order valence-corrected chi connectivity index (χ0v) is 16.2. The summed E-state index contributed by atoms with van der Waals surface area (Å²) in [4.78, 5) is 26.1. The number of hydrogen-bond acceptors (Lipinski definition) is 5. The van der Waals surface area contributed by atoms with Gasteiger partial charge in [0.15, 0.2) is 0 Å². The highest BCUT2D eigenvalue weighted by molar-refractivity contribution is 7.14. The molecule has 144 valence electrons. The number of carbonyl (C=O) groups excluding carboxylic acids is 2. The topological polar surface area (TPSA) is 85.2 Å². The minimum atomic E-state index is -0.320. The molecule has 2 aromatic heterocycles. The van der Waals surface area contributed by atoms with Crippen LogP contribution in [-0.4, -0.2) is 28.1 Å². The fourth-order valence-corrected chi connectivity index (χ4v) is 3.94. The molecule has 4 rings (SSSR count). The van der Waals surface area contributed by atoms with E-state index in [1.165, 1.54) is 11.3 Å². The van der Waals surface area contributed by atoms with Gasteiger partial charge in [-0.05, 0) is 25.0 Å². The zero-order valence-electron chi connectivity index (χ0n) is 15.3. The van der Waals surface area contributed by atoms with Gasteiger partial charge in [0.05, 0.1) is 11.9 Å². The van der Waals surface area contributed by atoms with Crippen molar-refractivity contribution in [1.82, 2.24) is 15.1 Å². The largest absolute Gasteiger partial charge is 0.487 e. The molecule has 1 aromatic carbocycles. The van der Waals surface area contributed by atoms with Crippen LogP contribution in [0.25, 0.3) is 0 Å². The van der Waals surface area contributed by atoms with Crippen molar-refractivity contribution in [1.29, 1.82) is 0 Å². The highest BCUT2D eigenvalue weighted by Crippen LogP contribution is 2.30. The summed E-state index contributed by atoms with van der Waals surface area (Å²) < 4.78 is 7.47. The number of nitrogens with one attached hydrogen (secondary N) is 2. The molecule has 1 unspecified atom stereocenters. The number of aryl methyl sites for hydroxylation is 1. The van der Waals surface area contributed by atoms with Crippen LogP contribution in [0.4, 0.5) is 5.69 Å². The average molecular weight is 396 g/mol. The van der Waals surface area contributed by atoms with E-state index in [4.69, 9.17) is 4.74 Å². The molecule has 1 aliphatic heterocycles. The fourth-order valence-electron chi connectivity index (χ4n) is 3.09. The third-order valence-electron chi connectivity index (χ3n) is 4.46. The maximum Gasteiger partial charge on any atom is 0.269 e. The minimum Gasteiger partial charge on any atom is -0.487 e. The molecule has 2 N–H and O–H groups in total. The third kappa shape index (κ3) is 3.91. The average Bonchev–Trinajstić information content (AvgIpc) is 3.41. The SMILES string of the molecule is Cc1cc(OCc2ccccc2)c(C(=O)Nc2cnn(C3CCNC3=O)c2)s1. The van der Waals surface area contributed by atoms with Crippen molar-refractivity contribution < 1.29 is 14.3 Å². The van der Waals surface area contributed by atoms with Crippen LogP contribution in [0.5, 0.6) is 5.75 Å². The molecule has 28 heavy (non-hydrogen) atoms. The molecule has 3 heterocycles. The predicted molar refractivity (Wildman–Crippen MR) is 107 cm³/mol. The van der Waals surface area contributed by atoms with E-state index < -0.39 is 0 Å². The first-order chi connectivity index (χ1) is 13.6. The molecule has 0 bridgehead atoms. The smallest absolute Gasteiger partial charge is 0.269 e. The van der Waals surface area contributed by atoms with Crippen molar-refractivity contribution in [2.75, 3.05) is 11.9 Å². The number of ether oxygens (including phenoxy) is 1. The zero-order chi connectivity index (χ0) is 19.5. The monoisotopic (exact) mass is 396 g/mol. The van der Waals surface area contributed by atoms with Gasteiger partial charge in [0.2, 0.25) is 5.91 Å². The van der Waals surface area contributed by atoms with Gasteiger partial charge >= 0.3 is 0 Å². The van der Waals surface area contributed by atoms with Crippen LogP contribution >= 0.6 is 11.3 Å². The molecule has 3 aromatic rings. The van der Waals surface area contributed by atoms with Crippen LogP contribution < -0.4 is 15.4 Å². The van der Waals surface area contributed by atoms with Crippen molar-refractivity contribution in [3.8, 4) is 5.75 Å². The Hall–Kier alpha value is -3.13. The lowest BCUT2D eigenvalue weighted by atomic mass is 10.2. The quantitative estimate of drug-likeness (QED) is 0.670. The van der Waals surface area contributed by atoms with Gasteiger partial charge in [-0.25, -0.2) is 0 Å². The van der Waals surface area contributed by atoms with Gasteiger partial charge < -0.3 is 15.4 Å². The van der Waals surface area contributed by atoms with E-state index in [0.717, 1.165) is 10.4 Å². The van der Waals surface area contributed by atoms with Crippen molar-refractivity contribution >= 4 is 28.8 Å². The Kier molecular flexibility index (Phi) is 5.12. The number of anilines is 1. The Labute approximate surface area is 166 Å². The van der Waals surface area contributed by atoms with Gasteiger partial charge in [0.1, 0.15) is 23.3 Å². The molecule has 8 heteroatoms. The van der Waals surface area contributed by atoms with Gasteiger partial charge in [-0.1, -0.05) is 30.3 Å². The number of aromatic nitrogens is 2. The Morgan fingerprint density at radius 1 is 1.39 bits per heavy atom. The van der Waals surface area contributed by atoms with Crippen LogP contribution in [0.15, 0.2) is 48.8 Å². The molecule has 0 aliphatic carbocycles. The van der Waals surface area contributed by atoms with Crippen LogP contribution in [0.3, 0.4) is 0 Å². The molecular weight excluding hydrogens is 376 g/mol. The number of amides is 2. The number of benzene rings is 1. The molecule has 0 saturated carbocycles. The second-order valence-corrected chi connectivity index (χ2v) is 7.84. The lowest BCUT2D eigenvalue weighted by Gasteiger charge is -2.08. The number of rotatable bonds is 6. The lowest BCUT2D eigenvalue weighted by Crippen LogP contribution is -2.22. The Bertz CT molecular complexity index is 996. The van der Waals surface area contributed by atoms with E-state index in [-0.39, 0.29) is 17.9 Å². The van der Waals surface area contributed by atoms with Crippen LogP contribution in [-0.2, 0) is 11.4 Å². The van der Waals surface area contributed by atoms with E-state index in [0.29, 0.717) is 35.9 Å². The van der Waals surface area contributed by atoms with Gasteiger partial charge in [-0.2, -0.15) is 5.10 Å². The van der Waals surface area contributed by atoms with Crippen molar-refractivity contribution in [2.45, 2.75) is 26.0 Å². The lowest BCUT2D eigenvalue weighted by molar-refractivity contribution is -0.122. The van der Waals surface area contributed by atoms with E-state index in [1.54, 1.807) is 17.1 Å². The van der Waals surface area contributed by atoms with Crippen LogP contribution in [0.2, 0.25) is 0 Å². The van der Waals surface area contributed by atoms with E-state index in [2.05, 4.69) is 15.7 Å². The summed E-state index contributed by atoms with van der Waals surface area (Å²) >= 11 is 1.38. The molecule has 0 spiro atoms. The summed E-state index contributed by atoms with van der Waals surface area (Å²) in [5.74, 6) is 0.259. The molecule has 1 fully saturated rings. The summed E-state index contributed by atoms with van der Waals surface area (Å²) in [6.45, 7) is 2.97. The molecule has 1 aliphatic rings. The van der Waals surface area contributed by atoms with E-state index in [9.17, 15) is 9.59 Å². The summed E-state index contributed by atoms with van der Waals surface area (Å²) in [6.07, 6.45) is 3.92. The Morgan fingerprint density at radius 3 is 2.96 bits per heavy atom. The molecule has 0 radical (unpaired) electrons. The first kappa shape index (κ1) is 18.2. The Morgan fingerprint density at radius 2 is 2.21 bits per heavy atom. The first-order valence-corrected chi connectivity index (χ1v) is 9.82. The van der Waals surface area contributed by atoms with Gasteiger partial charge in [0.25, 0.3) is 5.91 Å². The maximum atomic E-state index is 12.8. The predicted octanol–water partition coefficient (Wildman–Crippen LogP) is 3.15. The molecule has 2 amide bonds. The second kappa shape index (κ2) is 7.85. The maximum absolute atomic E-state index is 12.8. The van der Waals surface area contributed by atoms with Crippen molar-refractivity contribution in [2.24, 2.45) is 0 Å². The third-order valence-corrected chi connectivity index (χ3v) is 5.49. The number of carbonyl (C=O) groups is 2. The van der Waals surface area contributed by atoms with Crippen molar-refractivity contribution in [3.05, 3.63) is 64.1 Å². The Balaban J connectivity index is 1.45. The second-order valence-electron chi connectivity index (χ2n) is 6.58. The summed E-state index contributed by atoms with van der Waals surface area (Å²) in [6, 6.07) is 11.4. The van der Waals surface area contributed by atoms with Crippen LogP contribution in [0.1, 0.15) is 32.6 Å². The first-order valence-electron chi connectivity index (χ1n) is 9.00. The minimum absolute atomic E-state index is 0.0496. The number of nitrogens with zero attached hydrogens (tertiary/aromatic N) is 2. The molecule has 7 nitrogen and oxygen atoms in total. The number of hydrogen-bond donors (Lipinski definition) is 2. The highest BCUT2D eigenvalue weighted by atomic mass is 32.1. The normalized spacial score (nSPS) is 16.0. The van der Waals surface area contributed by atoms with E-state index >= 15 is 0 Å². The molecule has 1 saturated heterocycles. The van der Waals surface area contributed by atoms with E-state index in [1.807, 2.05) is 43.3 Å². The standard InChI is InChI=1S/C20H20N4O3S/c1-13-9-17(27-12-14-5-3-2-4-6-14)18(28-13)20(26)23-15-10-22-24(11-15)16-7-8-21-19(16)25/h2-6,9-11,16H,7-8,12H2,1H3,(H,21,25)(H,23,26). The summed E-state index contributed by atoms with van der Waals surface area (Å²) in [5.41, 5.74) is 1.58. The fraction of sp³-hybridized carbons (Fsp3) is 0.250. The molecular formula is C20H20N4O3S. The van der Waals surface area contributed by atoms with Crippen LogP contribution in [0, 0.1) is 6.92 Å². The van der Waals surface area contributed by atoms with Gasteiger partial charge in [0, 0.05) is 17.6 Å². The highest BCUT2D eigenvalue weighted by Gasteiger charge is 2.26. The summed E-state index contributed by atoms with van der Waals surface area (Å²) in [7, 11) is 0. The summed E-state index contributed by atoms with van der Waals surface area (Å²) in [5, 5.41) is 9.84. The van der Waals surface area contributed by atoms with Gasteiger partial charge in [-0.3, -0.25) is 14.3 Å². The van der Waals surface area contributed by atoms with Crippen molar-refractivity contribution in [3.63, 3.8) is 0 Å². The molecule has 1 atom stereocenters. The number of thiophene rings is 1. The van der Waals surface area contributed by atoms with Gasteiger partial charge in [-0.15, -0.1) is 11.3 Å².